The van der Waals surface area contributed by atoms with E-state index >= 15 is 0 Å². The molecule has 0 spiro atoms. The molecule has 1 rings (SSSR count). The van der Waals surface area contributed by atoms with Gasteiger partial charge in [0.15, 0.2) is 0 Å². The fourth-order valence-corrected chi connectivity index (χ4v) is 2.17. The number of carbonyl (C=O) groups excluding carboxylic acids is 1. The molecule has 1 heterocycles. The van der Waals surface area contributed by atoms with Crippen LogP contribution in [0.1, 0.15) is 47.0 Å². The van der Waals surface area contributed by atoms with Gasteiger partial charge in [-0.25, -0.2) is 0 Å². The first-order valence-electron chi connectivity index (χ1n) is 7.14. The fraction of sp³-hybridized carbons (Fsp3) is 0.929. The molecule has 0 saturated carbocycles. The summed E-state index contributed by atoms with van der Waals surface area (Å²) in [6.45, 7) is 10.8. The van der Waals surface area contributed by atoms with Crippen molar-refractivity contribution < 1.29 is 9.53 Å². The number of carbonyl (C=O) groups is 1. The third-order valence-corrected chi connectivity index (χ3v) is 3.12. The monoisotopic (exact) mass is 256 g/mol. The lowest BCUT2D eigenvalue weighted by Crippen LogP contribution is -2.32. The summed E-state index contributed by atoms with van der Waals surface area (Å²) in [5.74, 6) is 0.833. The van der Waals surface area contributed by atoms with Crippen molar-refractivity contribution in [3.8, 4) is 0 Å². The van der Waals surface area contributed by atoms with E-state index in [1.807, 2.05) is 18.7 Å². The molecule has 0 bridgehead atoms. The minimum Gasteiger partial charge on any atom is -0.379 e. The van der Waals surface area contributed by atoms with Gasteiger partial charge in [0.2, 0.25) is 5.91 Å². The summed E-state index contributed by atoms with van der Waals surface area (Å²) in [6, 6.07) is 0.0388. The molecule has 1 N–H and O–H groups in total. The van der Waals surface area contributed by atoms with Crippen molar-refractivity contribution in [2.45, 2.75) is 59.1 Å². The fourth-order valence-electron chi connectivity index (χ4n) is 2.17. The molecule has 18 heavy (non-hydrogen) atoms. The van der Waals surface area contributed by atoms with Crippen LogP contribution >= 0.6 is 0 Å². The van der Waals surface area contributed by atoms with Crippen LogP contribution in [0.15, 0.2) is 0 Å². The summed E-state index contributed by atoms with van der Waals surface area (Å²) in [7, 11) is 0. The van der Waals surface area contributed by atoms with Crippen molar-refractivity contribution in [1.29, 1.82) is 0 Å². The van der Waals surface area contributed by atoms with E-state index in [9.17, 15) is 4.79 Å². The second-order valence-corrected chi connectivity index (χ2v) is 5.77. The van der Waals surface area contributed by atoms with Crippen molar-refractivity contribution in [2.75, 3.05) is 19.8 Å². The van der Waals surface area contributed by atoms with E-state index < -0.39 is 0 Å². The molecule has 0 aromatic heterocycles. The largest absolute Gasteiger partial charge is 0.379 e. The number of hydrogen-bond donors (Lipinski definition) is 1. The molecule has 1 aliphatic heterocycles. The topological polar surface area (TPSA) is 41.6 Å². The number of nitrogens with zero attached hydrogens (tertiary/aromatic N) is 1. The second-order valence-electron chi connectivity index (χ2n) is 5.77. The summed E-state index contributed by atoms with van der Waals surface area (Å²) in [5, 5.41) is 3.29. The molecule has 1 atom stereocenters. The molecule has 1 amide bonds. The highest BCUT2D eigenvalue weighted by Gasteiger charge is 2.30. The molecule has 0 aliphatic carbocycles. The molecule has 1 aliphatic rings. The summed E-state index contributed by atoms with van der Waals surface area (Å²) in [5.41, 5.74) is 0. The van der Waals surface area contributed by atoms with Gasteiger partial charge in [-0.15, -0.1) is 0 Å². The van der Waals surface area contributed by atoms with Gasteiger partial charge in [0.1, 0.15) is 0 Å². The maximum Gasteiger partial charge on any atom is 0.240 e. The second kappa shape index (κ2) is 7.74. The number of hydrogen-bond acceptors (Lipinski definition) is 3. The summed E-state index contributed by atoms with van der Waals surface area (Å²) in [6.07, 6.45) is 3.28. The molecule has 0 radical (unpaired) electrons. The van der Waals surface area contributed by atoms with Crippen LogP contribution in [-0.2, 0) is 9.53 Å². The highest BCUT2D eigenvalue weighted by atomic mass is 16.5. The first kappa shape index (κ1) is 15.4. The number of unbranched alkanes of at least 4 members (excludes halogenated alkanes) is 1. The standard InChI is InChI=1S/C14H28N2O2/c1-11(2)9-13-14(17)16(10-15-13)7-5-6-8-18-12(3)4/h11-13,15H,5-10H2,1-4H3. The molecule has 1 unspecified atom stereocenters. The van der Waals surface area contributed by atoms with Crippen LogP contribution in [0.4, 0.5) is 0 Å². The smallest absolute Gasteiger partial charge is 0.240 e. The van der Waals surface area contributed by atoms with Gasteiger partial charge >= 0.3 is 0 Å². The summed E-state index contributed by atoms with van der Waals surface area (Å²) < 4.78 is 5.49. The minimum atomic E-state index is 0.0388. The lowest BCUT2D eigenvalue weighted by atomic mass is 10.0. The Hall–Kier alpha value is -0.610. The van der Waals surface area contributed by atoms with E-state index in [-0.39, 0.29) is 11.9 Å². The van der Waals surface area contributed by atoms with Crippen LogP contribution in [0.25, 0.3) is 0 Å². The maximum absolute atomic E-state index is 12.0. The molecule has 1 fully saturated rings. The lowest BCUT2D eigenvalue weighted by Gasteiger charge is -2.16. The summed E-state index contributed by atoms with van der Waals surface area (Å²) in [4.78, 5) is 14.0. The third kappa shape index (κ3) is 5.36. The Morgan fingerprint density at radius 3 is 2.67 bits per heavy atom. The first-order chi connectivity index (χ1) is 8.50. The predicted molar refractivity (Wildman–Crippen MR) is 73.3 cm³/mol. The number of rotatable bonds is 8. The predicted octanol–water partition coefficient (Wildman–Crippen LogP) is 2.00. The van der Waals surface area contributed by atoms with Crippen molar-refractivity contribution in [1.82, 2.24) is 10.2 Å². The minimum absolute atomic E-state index is 0.0388. The Morgan fingerprint density at radius 1 is 1.33 bits per heavy atom. The van der Waals surface area contributed by atoms with Gasteiger partial charge in [-0.1, -0.05) is 13.8 Å². The Labute approximate surface area is 111 Å². The van der Waals surface area contributed by atoms with Crippen LogP contribution in [-0.4, -0.2) is 42.8 Å². The van der Waals surface area contributed by atoms with E-state index in [0.29, 0.717) is 18.7 Å². The van der Waals surface area contributed by atoms with Gasteiger partial charge in [0, 0.05) is 13.2 Å². The zero-order valence-corrected chi connectivity index (χ0v) is 12.2. The van der Waals surface area contributed by atoms with Gasteiger partial charge in [0.25, 0.3) is 0 Å². The Balaban J connectivity index is 2.14. The van der Waals surface area contributed by atoms with Gasteiger partial charge in [-0.2, -0.15) is 0 Å². The third-order valence-electron chi connectivity index (χ3n) is 3.12. The number of nitrogens with one attached hydrogen (secondary N) is 1. The molecular weight excluding hydrogens is 228 g/mol. The van der Waals surface area contributed by atoms with Crippen molar-refractivity contribution in [3.05, 3.63) is 0 Å². The molecule has 106 valence electrons. The number of ether oxygens (including phenoxy) is 1. The highest BCUT2D eigenvalue weighted by molar-refractivity contribution is 5.83. The normalized spacial score (nSPS) is 20.4. The molecule has 0 aromatic rings. The van der Waals surface area contributed by atoms with E-state index in [2.05, 4.69) is 19.2 Å². The first-order valence-corrected chi connectivity index (χ1v) is 7.14. The molecule has 1 saturated heterocycles. The van der Waals surface area contributed by atoms with Crippen LogP contribution < -0.4 is 5.32 Å². The van der Waals surface area contributed by atoms with E-state index in [1.165, 1.54) is 0 Å². The van der Waals surface area contributed by atoms with Gasteiger partial charge in [-0.3, -0.25) is 10.1 Å². The van der Waals surface area contributed by atoms with Crippen LogP contribution in [0, 0.1) is 5.92 Å². The van der Waals surface area contributed by atoms with Crippen molar-refractivity contribution in [3.63, 3.8) is 0 Å². The lowest BCUT2D eigenvalue weighted by molar-refractivity contribution is -0.129. The van der Waals surface area contributed by atoms with Crippen LogP contribution in [0.2, 0.25) is 0 Å². The van der Waals surface area contributed by atoms with Gasteiger partial charge in [0.05, 0.1) is 18.8 Å². The quantitative estimate of drug-likeness (QED) is 0.675. The average molecular weight is 256 g/mol. The van der Waals surface area contributed by atoms with Gasteiger partial charge < -0.3 is 9.64 Å². The van der Waals surface area contributed by atoms with Crippen LogP contribution in [0.5, 0.6) is 0 Å². The van der Waals surface area contributed by atoms with E-state index in [4.69, 9.17) is 4.74 Å². The SMILES string of the molecule is CC(C)CC1NCN(CCCCOC(C)C)C1=O. The van der Waals surface area contributed by atoms with E-state index in [0.717, 1.165) is 32.4 Å². The van der Waals surface area contributed by atoms with Crippen LogP contribution in [0.3, 0.4) is 0 Å². The summed E-state index contributed by atoms with van der Waals surface area (Å²) >= 11 is 0. The molecule has 4 heteroatoms. The Bertz CT molecular complexity index is 254. The highest BCUT2D eigenvalue weighted by Crippen LogP contribution is 2.13. The maximum atomic E-state index is 12.0. The zero-order chi connectivity index (χ0) is 13.5. The Kier molecular flexibility index (Phi) is 6.65. The number of amides is 1. The Morgan fingerprint density at radius 2 is 2.06 bits per heavy atom. The van der Waals surface area contributed by atoms with Crippen molar-refractivity contribution >= 4 is 5.91 Å². The average Bonchev–Trinajstić information content (AvgIpc) is 2.60. The van der Waals surface area contributed by atoms with Crippen molar-refractivity contribution in [2.24, 2.45) is 5.92 Å². The zero-order valence-electron chi connectivity index (χ0n) is 12.2. The molecule has 0 aromatic carbocycles. The van der Waals surface area contributed by atoms with E-state index in [1.54, 1.807) is 0 Å². The molecule has 4 nitrogen and oxygen atoms in total. The van der Waals surface area contributed by atoms with Gasteiger partial charge in [-0.05, 0) is 39.0 Å². The molecular formula is C14H28N2O2.